The number of carbonyl (C=O) groups is 1. The van der Waals surface area contributed by atoms with E-state index in [0.717, 1.165) is 17.7 Å². The van der Waals surface area contributed by atoms with E-state index in [0.29, 0.717) is 18.7 Å². The molecule has 3 aromatic carbocycles. The summed E-state index contributed by atoms with van der Waals surface area (Å²) in [5.41, 5.74) is 1.22. The predicted octanol–water partition coefficient (Wildman–Crippen LogP) is 5.17. The molecule has 1 aliphatic heterocycles. The molecule has 1 heterocycles. The molecule has 0 saturated heterocycles. The molecule has 0 aliphatic carbocycles. The standard InChI is InChI=1S/C31H36F3N3O5S/c1-20-5-12-26(13-6-20)43(40,41)35-25-11-14-28-27(15-25)30(39)37(22(3)19-38)16-21(2)29(42-28)18-36(4)17-23-7-9-24(10-8-23)31(32,33)34/h5-15,21-22,29,35,38H,16-19H2,1-4H3/t21-,22-,29+/m0/s1. The van der Waals surface area contributed by atoms with E-state index in [2.05, 4.69) is 4.72 Å². The predicted molar refractivity (Wildman–Crippen MR) is 157 cm³/mol. The first-order valence-electron chi connectivity index (χ1n) is 13.8. The van der Waals surface area contributed by atoms with Gasteiger partial charge in [0.25, 0.3) is 15.9 Å². The van der Waals surface area contributed by atoms with Gasteiger partial charge in [-0.05, 0) is 68.9 Å². The Morgan fingerprint density at radius 1 is 1.09 bits per heavy atom. The van der Waals surface area contributed by atoms with E-state index < -0.39 is 39.8 Å². The van der Waals surface area contributed by atoms with Crippen molar-refractivity contribution < 1.29 is 36.2 Å². The molecule has 4 rings (SSSR count). The van der Waals surface area contributed by atoms with Gasteiger partial charge in [0.15, 0.2) is 0 Å². The summed E-state index contributed by atoms with van der Waals surface area (Å²) in [7, 11) is -2.10. The third-order valence-electron chi connectivity index (χ3n) is 7.47. The Morgan fingerprint density at radius 2 is 1.74 bits per heavy atom. The fraction of sp³-hybridized carbons (Fsp3) is 0.387. The Labute approximate surface area is 250 Å². The number of ether oxygens (including phenoxy) is 1. The van der Waals surface area contributed by atoms with E-state index in [4.69, 9.17) is 4.74 Å². The maximum Gasteiger partial charge on any atom is 0.416 e. The number of likely N-dealkylation sites (N-methyl/N-ethyl adjacent to an activating group) is 1. The Hall–Kier alpha value is -3.61. The fourth-order valence-electron chi connectivity index (χ4n) is 4.92. The molecule has 232 valence electrons. The summed E-state index contributed by atoms with van der Waals surface area (Å²) in [5, 5.41) is 9.90. The number of benzene rings is 3. The fourth-order valence-corrected chi connectivity index (χ4v) is 5.97. The van der Waals surface area contributed by atoms with E-state index in [1.807, 2.05) is 25.8 Å². The number of aliphatic hydroxyl groups excluding tert-OH is 1. The van der Waals surface area contributed by atoms with Crippen molar-refractivity contribution in [1.29, 1.82) is 0 Å². The van der Waals surface area contributed by atoms with Gasteiger partial charge in [-0.25, -0.2) is 8.42 Å². The summed E-state index contributed by atoms with van der Waals surface area (Å²) in [6, 6.07) is 15.4. The zero-order chi connectivity index (χ0) is 31.5. The van der Waals surface area contributed by atoms with E-state index >= 15 is 0 Å². The molecule has 0 unspecified atom stereocenters. The van der Waals surface area contributed by atoms with Gasteiger partial charge in [-0.2, -0.15) is 13.2 Å². The van der Waals surface area contributed by atoms with E-state index in [9.17, 15) is 31.5 Å². The molecule has 1 amide bonds. The summed E-state index contributed by atoms with van der Waals surface area (Å²) < 4.78 is 73.8. The lowest BCUT2D eigenvalue weighted by atomic mass is 9.99. The number of amides is 1. The largest absolute Gasteiger partial charge is 0.488 e. The molecule has 0 radical (unpaired) electrons. The number of hydrogen-bond acceptors (Lipinski definition) is 6. The van der Waals surface area contributed by atoms with Crippen LogP contribution >= 0.6 is 0 Å². The van der Waals surface area contributed by atoms with Gasteiger partial charge in [0.05, 0.1) is 28.7 Å². The Bertz CT molecular complexity index is 1530. The van der Waals surface area contributed by atoms with Crippen molar-refractivity contribution in [3.63, 3.8) is 0 Å². The van der Waals surface area contributed by atoms with Crippen molar-refractivity contribution in [2.45, 2.75) is 50.5 Å². The number of nitrogens with one attached hydrogen (secondary N) is 1. The van der Waals surface area contributed by atoms with Crippen LogP contribution in [0.15, 0.2) is 71.6 Å². The number of aryl methyl sites for hydroxylation is 1. The van der Waals surface area contributed by atoms with Crippen LogP contribution in [0.25, 0.3) is 0 Å². The second-order valence-electron chi connectivity index (χ2n) is 11.1. The van der Waals surface area contributed by atoms with Crippen LogP contribution < -0.4 is 9.46 Å². The van der Waals surface area contributed by atoms with Crippen LogP contribution in [0.3, 0.4) is 0 Å². The quantitative estimate of drug-likeness (QED) is 0.343. The SMILES string of the molecule is Cc1ccc(S(=O)(=O)Nc2ccc3c(c2)C(=O)N([C@@H](C)CO)C[C@H](C)[C@@H](CN(C)Cc2ccc(C(F)(F)F)cc2)O3)cc1. The molecular weight excluding hydrogens is 583 g/mol. The first kappa shape index (κ1) is 32.3. The van der Waals surface area contributed by atoms with Crippen molar-refractivity contribution in [3.05, 3.63) is 89.0 Å². The van der Waals surface area contributed by atoms with Gasteiger partial charge in [-0.1, -0.05) is 36.8 Å². The number of halogens is 3. The average Bonchev–Trinajstić information content (AvgIpc) is 2.94. The molecule has 12 heteroatoms. The van der Waals surface area contributed by atoms with Crippen LogP contribution in [0.1, 0.15) is 40.9 Å². The summed E-state index contributed by atoms with van der Waals surface area (Å²) >= 11 is 0. The molecule has 1 aliphatic rings. The van der Waals surface area contributed by atoms with Crippen LogP contribution in [0.5, 0.6) is 5.75 Å². The van der Waals surface area contributed by atoms with Crippen LogP contribution in [-0.4, -0.2) is 68.1 Å². The summed E-state index contributed by atoms with van der Waals surface area (Å²) in [5.74, 6) is -0.324. The third kappa shape index (κ3) is 7.87. The lowest BCUT2D eigenvalue weighted by Gasteiger charge is -2.38. The summed E-state index contributed by atoms with van der Waals surface area (Å²) in [6.45, 7) is 6.25. The monoisotopic (exact) mass is 619 g/mol. The maximum atomic E-state index is 13.7. The minimum atomic E-state index is -4.41. The molecule has 0 saturated carbocycles. The number of fused-ring (bicyclic) bond motifs is 1. The minimum absolute atomic E-state index is 0.0768. The Kier molecular flexibility index (Phi) is 9.73. The van der Waals surface area contributed by atoms with Crippen LogP contribution in [-0.2, 0) is 22.7 Å². The number of hydrogen-bond donors (Lipinski definition) is 2. The zero-order valence-electron chi connectivity index (χ0n) is 24.4. The molecule has 0 spiro atoms. The number of rotatable bonds is 9. The Balaban J connectivity index is 1.59. The summed E-state index contributed by atoms with van der Waals surface area (Å²) in [4.78, 5) is 17.2. The second kappa shape index (κ2) is 12.9. The maximum absolute atomic E-state index is 13.7. The topological polar surface area (TPSA) is 99.2 Å². The number of aliphatic hydroxyl groups is 1. The highest BCUT2D eigenvalue weighted by molar-refractivity contribution is 7.92. The molecule has 3 atom stereocenters. The van der Waals surface area contributed by atoms with Gasteiger partial charge in [-0.15, -0.1) is 0 Å². The molecule has 0 aromatic heterocycles. The smallest absolute Gasteiger partial charge is 0.416 e. The number of sulfonamides is 1. The molecule has 2 N–H and O–H groups in total. The van der Waals surface area contributed by atoms with Gasteiger partial charge in [0.1, 0.15) is 11.9 Å². The number of alkyl halides is 3. The van der Waals surface area contributed by atoms with E-state index in [-0.39, 0.29) is 41.0 Å². The van der Waals surface area contributed by atoms with Crippen molar-refractivity contribution >= 4 is 21.6 Å². The lowest BCUT2D eigenvalue weighted by molar-refractivity contribution is -0.137. The van der Waals surface area contributed by atoms with Crippen molar-refractivity contribution in [3.8, 4) is 5.75 Å². The summed E-state index contributed by atoms with van der Waals surface area (Å²) in [6.07, 6.45) is -4.84. The second-order valence-corrected chi connectivity index (χ2v) is 12.8. The van der Waals surface area contributed by atoms with Crippen molar-refractivity contribution in [2.24, 2.45) is 5.92 Å². The molecule has 43 heavy (non-hydrogen) atoms. The van der Waals surface area contributed by atoms with Crippen molar-refractivity contribution in [2.75, 3.05) is 31.5 Å². The van der Waals surface area contributed by atoms with Crippen LogP contribution in [0, 0.1) is 12.8 Å². The number of carbonyl (C=O) groups excluding carboxylic acids is 1. The van der Waals surface area contributed by atoms with Gasteiger partial charge in [0, 0.05) is 31.2 Å². The molecule has 3 aromatic rings. The van der Waals surface area contributed by atoms with Gasteiger partial charge in [-0.3, -0.25) is 14.4 Å². The molecule has 8 nitrogen and oxygen atoms in total. The third-order valence-corrected chi connectivity index (χ3v) is 8.87. The van der Waals surface area contributed by atoms with Gasteiger partial charge >= 0.3 is 6.18 Å². The lowest BCUT2D eigenvalue weighted by Crippen LogP contribution is -2.49. The average molecular weight is 620 g/mol. The Morgan fingerprint density at radius 3 is 2.35 bits per heavy atom. The van der Waals surface area contributed by atoms with Crippen LogP contribution in [0.2, 0.25) is 0 Å². The van der Waals surface area contributed by atoms with Gasteiger partial charge in [0.2, 0.25) is 0 Å². The van der Waals surface area contributed by atoms with E-state index in [1.165, 1.54) is 36.4 Å². The highest BCUT2D eigenvalue weighted by Crippen LogP contribution is 2.32. The van der Waals surface area contributed by atoms with Crippen LogP contribution in [0.4, 0.5) is 18.9 Å². The highest BCUT2D eigenvalue weighted by Gasteiger charge is 2.34. The molecular formula is C31H36F3N3O5S. The first-order chi connectivity index (χ1) is 20.2. The first-order valence-corrected chi connectivity index (χ1v) is 15.3. The molecule has 0 bridgehead atoms. The zero-order valence-corrected chi connectivity index (χ0v) is 25.2. The minimum Gasteiger partial charge on any atom is -0.488 e. The van der Waals surface area contributed by atoms with Crippen molar-refractivity contribution in [1.82, 2.24) is 9.80 Å². The number of anilines is 1. The normalized spacial score (nSPS) is 18.4. The number of nitrogens with zero attached hydrogens (tertiary/aromatic N) is 2. The molecule has 0 fully saturated rings. The van der Waals surface area contributed by atoms with Gasteiger partial charge < -0.3 is 14.7 Å². The highest BCUT2D eigenvalue weighted by atomic mass is 32.2. The van der Waals surface area contributed by atoms with E-state index in [1.54, 1.807) is 30.0 Å².